The quantitative estimate of drug-likeness (QED) is 0.794. The van der Waals surface area contributed by atoms with Crippen LogP contribution in [0.5, 0.6) is 0 Å². The molecule has 3 unspecified atom stereocenters. The number of aryl methyl sites for hydroxylation is 2. The molecule has 2 rings (SSSR count). The number of hydrogen-bond donors (Lipinski definition) is 1. The van der Waals surface area contributed by atoms with Gasteiger partial charge in [-0.3, -0.25) is 0 Å². The minimum absolute atomic E-state index is 0.678. The summed E-state index contributed by atoms with van der Waals surface area (Å²) in [5.41, 5.74) is 0. The lowest BCUT2D eigenvalue weighted by molar-refractivity contribution is 0.446. The molecular weight excluding hydrogens is 186 g/mol. The van der Waals surface area contributed by atoms with Crippen molar-refractivity contribution in [1.29, 1.82) is 0 Å². The van der Waals surface area contributed by atoms with Crippen LogP contribution in [0.3, 0.4) is 0 Å². The summed E-state index contributed by atoms with van der Waals surface area (Å²) < 4.78 is 2.11. The first-order valence-corrected chi connectivity index (χ1v) is 5.86. The Balaban J connectivity index is 1.84. The third kappa shape index (κ3) is 2.40. The molecule has 0 amide bonds. The molecule has 1 heterocycles. The second kappa shape index (κ2) is 4.35. The van der Waals surface area contributed by atoms with E-state index >= 15 is 0 Å². The highest BCUT2D eigenvalue weighted by Crippen LogP contribution is 2.41. The average molecular weight is 207 g/mol. The van der Waals surface area contributed by atoms with Crippen LogP contribution in [0.4, 0.5) is 0 Å². The van der Waals surface area contributed by atoms with Crippen LogP contribution in [0.15, 0.2) is 12.4 Å². The molecule has 3 atom stereocenters. The summed E-state index contributed by atoms with van der Waals surface area (Å²) in [5, 5.41) is 3.44. The van der Waals surface area contributed by atoms with E-state index in [1.807, 2.05) is 12.4 Å². The van der Waals surface area contributed by atoms with E-state index in [1.165, 1.54) is 18.7 Å². The number of aromatic nitrogens is 2. The van der Waals surface area contributed by atoms with Gasteiger partial charge in [-0.15, -0.1) is 0 Å². The molecular formula is C12H21N3. The summed E-state index contributed by atoms with van der Waals surface area (Å²) >= 11 is 0. The molecule has 1 aromatic rings. The van der Waals surface area contributed by atoms with Gasteiger partial charge in [0.05, 0.1) is 0 Å². The van der Waals surface area contributed by atoms with Gasteiger partial charge in [0.25, 0.3) is 0 Å². The van der Waals surface area contributed by atoms with Gasteiger partial charge in [0.1, 0.15) is 5.82 Å². The number of nitrogens with zero attached hydrogens (tertiary/aromatic N) is 2. The number of hydrogen-bond acceptors (Lipinski definition) is 2. The van der Waals surface area contributed by atoms with Crippen molar-refractivity contribution in [2.24, 2.45) is 18.9 Å². The van der Waals surface area contributed by atoms with Gasteiger partial charge in [0.15, 0.2) is 0 Å². The molecule has 0 aromatic carbocycles. The molecule has 0 bridgehead atoms. The molecule has 1 saturated carbocycles. The zero-order valence-electron chi connectivity index (χ0n) is 9.90. The van der Waals surface area contributed by atoms with Gasteiger partial charge in [0.2, 0.25) is 0 Å². The highest BCUT2D eigenvalue weighted by Gasteiger charge is 2.38. The monoisotopic (exact) mass is 207 g/mol. The first-order valence-electron chi connectivity index (χ1n) is 5.86. The predicted octanol–water partition coefficient (Wildman–Crippen LogP) is 1.60. The molecule has 1 aliphatic rings. The van der Waals surface area contributed by atoms with Crippen LogP contribution in [0.25, 0.3) is 0 Å². The fourth-order valence-electron chi connectivity index (χ4n) is 2.41. The summed E-state index contributed by atoms with van der Waals surface area (Å²) in [6, 6.07) is 0.678. The molecule has 1 N–H and O–H groups in total. The summed E-state index contributed by atoms with van der Waals surface area (Å²) in [5.74, 6) is 3.02. The highest BCUT2D eigenvalue weighted by molar-refractivity contribution is 4.96. The van der Waals surface area contributed by atoms with Crippen molar-refractivity contribution in [3.05, 3.63) is 18.2 Å². The Morgan fingerprint density at radius 3 is 2.87 bits per heavy atom. The van der Waals surface area contributed by atoms with Crippen molar-refractivity contribution >= 4 is 0 Å². The topological polar surface area (TPSA) is 29.9 Å². The molecule has 3 nitrogen and oxygen atoms in total. The standard InChI is InChI=1S/C12H21N3/c1-9-8-10(9)11(13-2)4-5-12-14-6-7-15(12)3/h6-7,9-11,13H,4-5,8H2,1-3H3. The molecule has 84 valence electrons. The molecule has 0 aliphatic heterocycles. The SMILES string of the molecule is CNC(CCc1nccn1C)C1CC1C. The molecule has 3 heteroatoms. The lowest BCUT2D eigenvalue weighted by Crippen LogP contribution is -2.28. The van der Waals surface area contributed by atoms with Gasteiger partial charge in [0, 0.05) is 31.9 Å². The van der Waals surface area contributed by atoms with Crippen molar-refractivity contribution < 1.29 is 0 Å². The minimum Gasteiger partial charge on any atom is -0.338 e. The van der Waals surface area contributed by atoms with Crippen molar-refractivity contribution in [2.45, 2.75) is 32.2 Å². The lowest BCUT2D eigenvalue weighted by Gasteiger charge is -2.15. The maximum atomic E-state index is 4.36. The van der Waals surface area contributed by atoms with Crippen LogP contribution in [0.1, 0.15) is 25.6 Å². The Bertz CT molecular complexity index is 318. The first kappa shape index (κ1) is 10.7. The van der Waals surface area contributed by atoms with E-state index in [4.69, 9.17) is 0 Å². The van der Waals surface area contributed by atoms with Crippen LogP contribution in [0, 0.1) is 11.8 Å². The van der Waals surface area contributed by atoms with Gasteiger partial charge in [-0.2, -0.15) is 0 Å². The van der Waals surface area contributed by atoms with Crippen molar-refractivity contribution in [2.75, 3.05) is 7.05 Å². The maximum absolute atomic E-state index is 4.36. The number of imidazole rings is 1. The third-order valence-electron chi connectivity index (χ3n) is 3.66. The van der Waals surface area contributed by atoms with Crippen LogP contribution in [0.2, 0.25) is 0 Å². The predicted molar refractivity (Wildman–Crippen MR) is 61.6 cm³/mol. The molecule has 1 aromatic heterocycles. The molecule has 0 spiro atoms. The van der Waals surface area contributed by atoms with E-state index in [0.717, 1.165) is 18.3 Å². The van der Waals surface area contributed by atoms with E-state index in [9.17, 15) is 0 Å². The summed E-state index contributed by atoms with van der Waals surface area (Å²) in [6.45, 7) is 2.34. The fraction of sp³-hybridized carbons (Fsp3) is 0.750. The van der Waals surface area contributed by atoms with Gasteiger partial charge >= 0.3 is 0 Å². The molecule has 15 heavy (non-hydrogen) atoms. The molecule has 1 fully saturated rings. The molecule has 0 radical (unpaired) electrons. The zero-order valence-corrected chi connectivity index (χ0v) is 9.90. The van der Waals surface area contributed by atoms with Crippen LogP contribution < -0.4 is 5.32 Å². The molecule has 1 aliphatic carbocycles. The largest absolute Gasteiger partial charge is 0.338 e. The summed E-state index contributed by atoms with van der Waals surface area (Å²) in [7, 11) is 4.14. The number of rotatable bonds is 5. The maximum Gasteiger partial charge on any atom is 0.108 e. The van der Waals surface area contributed by atoms with Crippen LogP contribution in [-0.4, -0.2) is 22.6 Å². The van der Waals surface area contributed by atoms with Gasteiger partial charge in [-0.25, -0.2) is 4.98 Å². The Labute approximate surface area is 91.9 Å². The lowest BCUT2D eigenvalue weighted by atomic mass is 10.1. The van der Waals surface area contributed by atoms with Crippen molar-refractivity contribution in [3.8, 4) is 0 Å². The smallest absolute Gasteiger partial charge is 0.108 e. The summed E-state index contributed by atoms with van der Waals surface area (Å²) in [4.78, 5) is 4.36. The van der Waals surface area contributed by atoms with E-state index in [1.54, 1.807) is 0 Å². The van der Waals surface area contributed by atoms with Crippen LogP contribution >= 0.6 is 0 Å². The zero-order chi connectivity index (χ0) is 10.8. The van der Waals surface area contributed by atoms with Gasteiger partial charge < -0.3 is 9.88 Å². The normalized spacial score (nSPS) is 26.6. The Kier molecular flexibility index (Phi) is 3.10. The Morgan fingerprint density at radius 2 is 2.40 bits per heavy atom. The molecule has 0 saturated heterocycles. The Morgan fingerprint density at radius 1 is 1.67 bits per heavy atom. The highest BCUT2D eigenvalue weighted by atomic mass is 15.0. The van der Waals surface area contributed by atoms with Gasteiger partial charge in [-0.1, -0.05) is 6.92 Å². The third-order valence-corrected chi connectivity index (χ3v) is 3.66. The summed E-state index contributed by atoms with van der Waals surface area (Å²) in [6.07, 6.45) is 7.58. The van der Waals surface area contributed by atoms with Crippen molar-refractivity contribution in [1.82, 2.24) is 14.9 Å². The second-order valence-corrected chi connectivity index (χ2v) is 4.77. The first-order chi connectivity index (χ1) is 7.22. The van der Waals surface area contributed by atoms with E-state index < -0.39 is 0 Å². The fourth-order valence-corrected chi connectivity index (χ4v) is 2.41. The van der Waals surface area contributed by atoms with E-state index in [0.29, 0.717) is 6.04 Å². The van der Waals surface area contributed by atoms with E-state index in [-0.39, 0.29) is 0 Å². The van der Waals surface area contributed by atoms with Gasteiger partial charge in [-0.05, 0) is 31.7 Å². The second-order valence-electron chi connectivity index (χ2n) is 4.77. The average Bonchev–Trinajstić information content (AvgIpc) is 2.78. The minimum atomic E-state index is 0.678. The van der Waals surface area contributed by atoms with E-state index in [2.05, 4.69) is 35.9 Å². The Hall–Kier alpha value is -0.830. The number of nitrogens with one attached hydrogen (secondary N) is 1. The van der Waals surface area contributed by atoms with Crippen LogP contribution in [-0.2, 0) is 13.5 Å². The van der Waals surface area contributed by atoms with Crippen molar-refractivity contribution in [3.63, 3.8) is 0 Å².